The number of anilines is 1. The summed E-state index contributed by atoms with van der Waals surface area (Å²) < 4.78 is 0. The Hall–Kier alpha value is -2.13. The zero-order chi connectivity index (χ0) is 14.3. The van der Waals surface area contributed by atoms with Crippen LogP contribution in [-0.2, 0) is 11.2 Å². The van der Waals surface area contributed by atoms with Crippen LogP contribution in [0.5, 0.6) is 0 Å². The van der Waals surface area contributed by atoms with E-state index in [-0.39, 0.29) is 5.91 Å². The summed E-state index contributed by atoms with van der Waals surface area (Å²) in [7, 11) is 0. The number of carbonyl (C=O) groups is 1. The molecule has 1 aliphatic rings. The summed E-state index contributed by atoms with van der Waals surface area (Å²) in [4.78, 5) is 11.4. The van der Waals surface area contributed by atoms with Crippen molar-refractivity contribution in [2.24, 2.45) is 0 Å². The molecule has 2 N–H and O–H groups in total. The summed E-state index contributed by atoms with van der Waals surface area (Å²) in [5.41, 5.74) is 5.80. The Balaban J connectivity index is 1.97. The second-order valence-corrected chi connectivity index (χ2v) is 5.40. The molecule has 0 aromatic heterocycles. The summed E-state index contributed by atoms with van der Waals surface area (Å²) in [5, 5.41) is 13.4. The third-order valence-electron chi connectivity index (χ3n) is 3.79. The number of fused-ring (bicyclic) bond motifs is 1. The van der Waals surface area contributed by atoms with E-state index in [4.69, 9.17) is 0 Å². The van der Waals surface area contributed by atoms with Crippen LogP contribution in [-0.4, -0.2) is 11.0 Å². The zero-order valence-corrected chi connectivity index (χ0v) is 11.6. The molecular formula is C17H17NO2. The van der Waals surface area contributed by atoms with Crippen molar-refractivity contribution >= 4 is 11.6 Å². The molecule has 2 aromatic rings. The summed E-state index contributed by atoms with van der Waals surface area (Å²) in [5.74, 6) is 0.0122. The molecule has 2 aromatic carbocycles. The van der Waals surface area contributed by atoms with E-state index in [2.05, 4.69) is 11.4 Å². The third kappa shape index (κ3) is 2.21. The second-order valence-electron chi connectivity index (χ2n) is 5.40. The van der Waals surface area contributed by atoms with Gasteiger partial charge in [0, 0.05) is 5.69 Å². The lowest BCUT2D eigenvalue weighted by Gasteiger charge is -2.15. The van der Waals surface area contributed by atoms with Crippen LogP contribution in [0.15, 0.2) is 36.4 Å². The highest BCUT2D eigenvalue weighted by molar-refractivity contribution is 5.99. The van der Waals surface area contributed by atoms with Gasteiger partial charge < -0.3 is 10.4 Å². The minimum Gasteiger partial charge on any atom is -0.384 e. The first-order valence-corrected chi connectivity index (χ1v) is 6.72. The Labute approximate surface area is 118 Å². The van der Waals surface area contributed by atoms with E-state index < -0.39 is 6.10 Å². The minimum absolute atomic E-state index is 0.0122. The number of carbonyl (C=O) groups excluding carboxylic acids is 1. The average molecular weight is 267 g/mol. The monoisotopic (exact) mass is 267 g/mol. The predicted molar refractivity (Wildman–Crippen MR) is 78.8 cm³/mol. The summed E-state index contributed by atoms with van der Waals surface area (Å²) in [6.45, 7) is 4.04. The van der Waals surface area contributed by atoms with Gasteiger partial charge in [0.2, 0.25) is 5.91 Å². The molecule has 0 aliphatic carbocycles. The van der Waals surface area contributed by atoms with Crippen molar-refractivity contribution in [3.8, 4) is 0 Å². The smallest absolute Gasteiger partial charge is 0.228 e. The molecule has 3 rings (SSSR count). The van der Waals surface area contributed by atoms with E-state index in [1.54, 1.807) is 0 Å². The van der Waals surface area contributed by atoms with Crippen molar-refractivity contribution in [2.45, 2.75) is 26.4 Å². The second kappa shape index (κ2) is 4.76. The molecule has 3 heteroatoms. The first-order chi connectivity index (χ1) is 9.54. The van der Waals surface area contributed by atoms with Crippen LogP contribution in [0.4, 0.5) is 5.69 Å². The van der Waals surface area contributed by atoms with Crippen LogP contribution in [0.1, 0.15) is 33.9 Å². The van der Waals surface area contributed by atoms with E-state index in [1.807, 2.05) is 44.2 Å². The first-order valence-electron chi connectivity index (χ1n) is 6.72. The standard InChI is InChI=1S/C17H17NO2/c1-10-3-5-14(11(2)7-10)17(20)12-4-6-15-13(8-12)9-16(19)18-15/h3-8,17,20H,9H2,1-2H3,(H,18,19). The number of aliphatic hydroxyl groups is 1. The molecule has 0 radical (unpaired) electrons. The molecule has 1 atom stereocenters. The first kappa shape index (κ1) is 12.9. The maximum absolute atomic E-state index is 11.4. The van der Waals surface area contributed by atoms with Crippen LogP contribution in [0.2, 0.25) is 0 Å². The third-order valence-corrected chi connectivity index (χ3v) is 3.79. The van der Waals surface area contributed by atoms with Crippen LogP contribution < -0.4 is 5.32 Å². The van der Waals surface area contributed by atoms with Gasteiger partial charge >= 0.3 is 0 Å². The molecular weight excluding hydrogens is 250 g/mol. The van der Waals surface area contributed by atoms with Crippen molar-refractivity contribution in [3.05, 3.63) is 64.2 Å². The highest BCUT2D eigenvalue weighted by Gasteiger charge is 2.20. The fourth-order valence-corrected chi connectivity index (χ4v) is 2.73. The van der Waals surface area contributed by atoms with Gasteiger partial charge in [-0.3, -0.25) is 4.79 Å². The Morgan fingerprint density at radius 1 is 1.15 bits per heavy atom. The van der Waals surface area contributed by atoms with Crippen molar-refractivity contribution in [1.29, 1.82) is 0 Å². The van der Waals surface area contributed by atoms with Crippen LogP contribution >= 0.6 is 0 Å². The minimum atomic E-state index is -0.656. The Morgan fingerprint density at radius 3 is 2.70 bits per heavy atom. The molecule has 20 heavy (non-hydrogen) atoms. The Kier molecular flexibility index (Phi) is 3.07. The largest absolute Gasteiger partial charge is 0.384 e. The van der Waals surface area contributed by atoms with E-state index in [0.717, 1.165) is 27.9 Å². The van der Waals surface area contributed by atoms with Gasteiger partial charge in [0.25, 0.3) is 0 Å². The SMILES string of the molecule is Cc1ccc(C(O)c2ccc3c(c2)CC(=O)N3)c(C)c1. The van der Waals surface area contributed by atoms with Gasteiger partial charge in [-0.2, -0.15) is 0 Å². The molecule has 0 saturated carbocycles. The molecule has 1 unspecified atom stereocenters. The van der Waals surface area contributed by atoms with Crippen molar-refractivity contribution in [3.63, 3.8) is 0 Å². The van der Waals surface area contributed by atoms with E-state index in [0.29, 0.717) is 6.42 Å². The molecule has 3 nitrogen and oxygen atoms in total. The maximum atomic E-state index is 11.4. The van der Waals surface area contributed by atoms with Gasteiger partial charge in [-0.05, 0) is 42.2 Å². The zero-order valence-electron chi connectivity index (χ0n) is 11.6. The predicted octanol–water partition coefficient (Wildman–Crippen LogP) is 2.88. The number of aliphatic hydroxyl groups excluding tert-OH is 1. The molecule has 1 heterocycles. The van der Waals surface area contributed by atoms with E-state index >= 15 is 0 Å². The van der Waals surface area contributed by atoms with Crippen LogP contribution in [0, 0.1) is 13.8 Å². The maximum Gasteiger partial charge on any atom is 0.228 e. The normalized spacial score (nSPS) is 14.8. The van der Waals surface area contributed by atoms with Gasteiger partial charge in [-0.1, -0.05) is 35.9 Å². The van der Waals surface area contributed by atoms with E-state index in [9.17, 15) is 9.90 Å². The molecule has 0 spiro atoms. The lowest BCUT2D eigenvalue weighted by molar-refractivity contribution is -0.115. The molecule has 0 saturated heterocycles. The molecule has 1 amide bonds. The number of aryl methyl sites for hydroxylation is 2. The number of hydrogen-bond donors (Lipinski definition) is 2. The average Bonchev–Trinajstić information content (AvgIpc) is 2.77. The topological polar surface area (TPSA) is 49.3 Å². The lowest BCUT2D eigenvalue weighted by atomic mass is 9.95. The van der Waals surface area contributed by atoms with Crippen LogP contribution in [0.3, 0.4) is 0 Å². The number of nitrogens with one attached hydrogen (secondary N) is 1. The Morgan fingerprint density at radius 2 is 1.95 bits per heavy atom. The van der Waals surface area contributed by atoms with Crippen molar-refractivity contribution in [1.82, 2.24) is 0 Å². The van der Waals surface area contributed by atoms with Crippen molar-refractivity contribution < 1.29 is 9.90 Å². The fourth-order valence-electron chi connectivity index (χ4n) is 2.73. The van der Waals surface area contributed by atoms with Crippen LogP contribution in [0.25, 0.3) is 0 Å². The number of amides is 1. The highest BCUT2D eigenvalue weighted by Crippen LogP contribution is 2.30. The Bertz CT molecular complexity index is 691. The summed E-state index contributed by atoms with van der Waals surface area (Å²) in [6, 6.07) is 11.7. The number of hydrogen-bond acceptors (Lipinski definition) is 2. The molecule has 1 aliphatic heterocycles. The number of rotatable bonds is 2. The van der Waals surface area contributed by atoms with Gasteiger partial charge in [-0.15, -0.1) is 0 Å². The summed E-state index contributed by atoms with van der Waals surface area (Å²) in [6.07, 6.45) is -0.264. The van der Waals surface area contributed by atoms with E-state index in [1.165, 1.54) is 5.56 Å². The van der Waals surface area contributed by atoms with Gasteiger partial charge in [0.15, 0.2) is 0 Å². The van der Waals surface area contributed by atoms with Gasteiger partial charge in [0.1, 0.15) is 6.10 Å². The number of benzene rings is 2. The fraction of sp³-hybridized carbons (Fsp3) is 0.235. The van der Waals surface area contributed by atoms with Crippen molar-refractivity contribution in [2.75, 3.05) is 5.32 Å². The molecule has 102 valence electrons. The quantitative estimate of drug-likeness (QED) is 0.879. The highest BCUT2D eigenvalue weighted by atomic mass is 16.3. The van der Waals surface area contributed by atoms with Gasteiger partial charge in [-0.25, -0.2) is 0 Å². The molecule has 0 bridgehead atoms. The molecule has 0 fully saturated rings. The lowest BCUT2D eigenvalue weighted by Crippen LogP contribution is -2.03. The summed E-state index contributed by atoms with van der Waals surface area (Å²) >= 11 is 0. The van der Waals surface area contributed by atoms with Gasteiger partial charge in [0.05, 0.1) is 6.42 Å².